The summed E-state index contributed by atoms with van der Waals surface area (Å²) in [5.41, 5.74) is 4.96. The molecule has 75 valence electrons. The third-order valence-corrected chi connectivity index (χ3v) is 1.69. The molecular weight excluding hydrogens is 168 g/mol. The maximum Gasteiger partial charge on any atom is 0.220 e. The number of hydrogen-bond acceptors (Lipinski definition) is 2. The van der Waals surface area contributed by atoms with E-state index < -0.39 is 0 Å². The Morgan fingerprint density at radius 1 is 1.38 bits per heavy atom. The maximum atomic E-state index is 10.7. The van der Waals surface area contributed by atoms with Gasteiger partial charge in [-0.1, -0.05) is 6.42 Å². The largest absolute Gasteiger partial charge is 0.370 e. The van der Waals surface area contributed by atoms with Crippen LogP contribution in [0, 0.1) is 6.42 Å². The van der Waals surface area contributed by atoms with Gasteiger partial charge < -0.3 is 11.1 Å². The Labute approximate surface area is 78.9 Å². The van der Waals surface area contributed by atoms with Gasteiger partial charge in [0.15, 0.2) is 0 Å². The van der Waals surface area contributed by atoms with E-state index in [1.807, 2.05) is 6.42 Å². The molecule has 13 heavy (non-hydrogen) atoms. The number of carbonyl (C=O) groups excluding carboxylic acids is 2. The van der Waals surface area contributed by atoms with E-state index in [0.717, 1.165) is 19.3 Å². The molecule has 0 aliphatic carbocycles. The monoisotopic (exact) mass is 185 g/mol. The van der Waals surface area contributed by atoms with Crippen LogP contribution in [-0.4, -0.2) is 18.9 Å². The molecule has 0 aromatic rings. The zero-order valence-corrected chi connectivity index (χ0v) is 8.01. The Kier molecular flexibility index (Phi) is 6.96. The van der Waals surface area contributed by atoms with Gasteiger partial charge in [0.25, 0.3) is 0 Å². The summed E-state index contributed by atoms with van der Waals surface area (Å²) >= 11 is 0. The van der Waals surface area contributed by atoms with Gasteiger partial charge in [0.2, 0.25) is 11.8 Å². The van der Waals surface area contributed by atoms with Gasteiger partial charge in [-0.2, -0.15) is 0 Å². The normalized spacial score (nSPS) is 9.62. The third-order valence-electron chi connectivity index (χ3n) is 1.69. The summed E-state index contributed by atoms with van der Waals surface area (Å²) in [6.45, 7) is 0. The van der Waals surface area contributed by atoms with Crippen molar-refractivity contribution in [3.05, 3.63) is 6.42 Å². The Balaban J connectivity index is 3.08. The van der Waals surface area contributed by atoms with Crippen LogP contribution in [0.1, 0.15) is 32.1 Å². The highest BCUT2D eigenvalue weighted by Crippen LogP contribution is 2.03. The summed E-state index contributed by atoms with van der Waals surface area (Å²) < 4.78 is 0. The summed E-state index contributed by atoms with van der Waals surface area (Å²) in [4.78, 5) is 21.1. The minimum atomic E-state index is -0.258. The molecule has 0 aliphatic heterocycles. The fourth-order valence-corrected chi connectivity index (χ4v) is 0.923. The Morgan fingerprint density at radius 3 is 2.62 bits per heavy atom. The second kappa shape index (κ2) is 7.58. The molecule has 2 amide bonds. The van der Waals surface area contributed by atoms with Gasteiger partial charge in [-0.05, 0) is 19.3 Å². The van der Waals surface area contributed by atoms with Crippen molar-refractivity contribution in [2.75, 3.05) is 7.05 Å². The number of amides is 2. The fourth-order valence-electron chi connectivity index (χ4n) is 0.923. The van der Waals surface area contributed by atoms with Crippen LogP contribution < -0.4 is 11.1 Å². The van der Waals surface area contributed by atoms with Crippen LogP contribution in [-0.2, 0) is 9.59 Å². The van der Waals surface area contributed by atoms with Gasteiger partial charge in [-0.15, -0.1) is 0 Å². The second-order valence-corrected chi connectivity index (χ2v) is 2.88. The predicted octanol–water partition coefficient (Wildman–Crippen LogP) is 0.372. The van der Waals surface area contributed by atoms with Gasteiger partial charge in [-0.3, -0.25) is 9.59 Å². The molecule has 0 heterocycles. The molecular formula is C9H17N2O2. The summed E-state index contributed by atoms with van der Waals surface area (Å²) in [6.07, 6.45) is 5.39. The summed E-state index contributed by atoms with van der Waals surface area (Å²) in [7, 11) is 1.61. The molecule has 4 heteroatoms. The molecule has 3 N–H and O–H groups in total. The summed E-state index contributed by atoms with van der Waals surface area (Å²) in [5, 5.41) is 2.53. The van der Waals surface area contributed by atoms with Crippen molar-refractivity contribution < 1.29 is 9.59 Å². The van der Waals surface area contributed by atoms with Gasteiger partial charge >= 0.3 is 0 Å². The lowest BCUT2D eigenvalue weighted by Gasteiger charge is -1.99. The molecule has 4 nitrogen and oxygen atoms in total. The average molecular weight is 185 g/mol. The highest BCUT2D eigenvalue weighted by atomic mass is 16.1. The van der Waals surface area contributed by atoms with Crippen molar-refractivity contribution in [3.8, 4) is 0 Å². The van der Waals surface area contributed by atoms with E-state index in [-0.39, 0.29) is 11.8 Å². The van der Waals surface area contributed by atoms with Crippen molar-refractivity contribution in [3.63, 3.8) is 0 Å². The quantitative estimate of drug-likeness (QED) is 0.562. The van der Waals surface area contributed by atoms with E-state index in [1.54, 1.807) is 7.05 Å². The molecule has 0 aromatic heterocycles. The third kappa shape index (κ3) is 8.85. The topological polar surface area (TPSA) is 72.2 Å². The minimum Gasteiger partial charge on any atom is -0.370 e. The number of nitrogens with two attached hydrogens (primary N) is 1. The van der Waals surface area contributed by atoms with Gasteiger partial charge in [-0.25, -0.2) is 0 Å². The van der Waals surface area contributed by atoms with Crippen LogP contribution in [0.5, 0.6) is 0 Å². The fraction of sp³-hybridized carbons (Fsp3) is 0.667. The lowest BCUT2D eigenvalue weighted by molar-refractivity contribution is -0.120. The van der Waals surface area contributed by atoms with Crippen molar-refractivity contribution in [2.24, 2.45) is 5.73 Å². The zero-order valence-electron chi connectivity index (χ0n) is 8.01. The Bertz CT molecular complexity index is 169. The van der Waals surface area contributed by atoms with Gasteiger partial charge in [0.05, 0.1) is 0 Å². The number of primary amides is 1. The predicted molar refractivity (Wildman–Crippen MR) is 50.6 cm³/mol. The lowest BCUT2D eigenvalue weighted by atomic mass is 10.1. The molecule has 0 fully saturated rings. The molecule has 0 rings (SSSR count). The van der Waals surface area contributed by atoms with Crippen molar-refractivity contribution >= 4 is 11.8 Å². The van der Waals surface area contributed by atoms with Gasteiger partial charge in [0.1, 0.15) is 0 Å². The highest BCUT2D eigenvalue weighted by molar-refractivity contribution is 5.76. The first-order valence-electron chi connectivity index (χ1n) is 4.47. The van der Waals surface area contributed by atoms with E-state index in [0.29, 0.717) is 12.8 Å². The minimum absolute atomic E-state index is 0.0231. The SMILES string of the molecule is CNC(=O)C[CH]CCCCC(N)=O. The molecule has 0 atom stereocenters. The Hall–Kier alpha value is -1.06. The molecule has 1 radical (unpaired) electrons. The van der Waals surface area contributed by atoms with E-state index in [9.17, 15) is 9.59 Å². The molecule has 0 aliphatic rings. The second-order valence-electron chi connectivity index (χ2n) is 2.88. The van der Waals surface area contributed by atoms with E-state index in [2.05, 4.69) is 5.32 Å². The number of carbonyl (C=O) groups is 2. The summed E-state index contributed by atoms with van der Waals surface area (Å²) in [6, 6.07) is 0. The molecule has 0 aromatic carbocycles. The average Bonchev–Trinajstić information content (AvgIpc) is 2.10. The van der Waals surface area contributed by atoms with Crippen molar-refractivity contribution in [1.82, 2.24) is 5.32 Å². The van der Waals surface area contributed by atoms with E-state index in [1.165, 1.54) is 0 Å². The molecule has 0 saturated heterocycles. The molecule has 0 bridgehead atoms. The lowest BCUT2D eigenvalue weighted by Crippen LogP contribution is -2.17. The summed E-state index contributed by atoms with van der Waals surface area (Å²) in [5.74, 6) is -0.235. The number of hydrogen-bond donors (Lipinski definition) is 2. The maximum absolute atomic E-state index is 10.7. The molecule has 0 saturated carbocycles. The first-order valence-corrected chi connectivity index (χ1v) is 4.47. The Morgan fingerprint density at radius 2 is 2.08 bits per heavy atom. The van der Waals surface area contributed by atoms with Gasteiger partial charge in [0, 0.05) is 19.9 Å². The first kappa shape index (κ1) is 11.9. The van der Waals surface area contributed by atoms with E-state index >= 15 is 0 Å². The van der Waals surface area contributed by atoms with Crippen LogP contribution in [0.3, 0.4) is 0 Å². The van der Waals surface area contributed by atoms with Crippen LogP contribution >= 0.6 is 0 Å². The number of rotatable bonds is 7. The first-order chi connectivity index (χ1) is 6.16. The number of unbranched alkanes of at least 4 members (excludes halogenated alkanes) is 3. The van der Waals surface area contributed by atoms with Crippen LogP contribution in [0.2, 0.25) is 0 Å². The van der Waals surface area contributed by atoms with Crippen LogP contribution in [0.25, 0.3) is 0 Å². The standard InChI is InChI=1S/C9H17N2O2/c1-11-9(13)7-5-3-2-4-6-8(10)12/h5H,2-4,6-7H2,1H3,(H2,10,12)(H,11,13). The van der Waals surface area contributed by atoms with Crippen LogP contribution in [0.4, 0.5) is 0 Å². The molecule has 0 unspecified atom stereocenters. The zero-order chi connectivity index (χ0) is 10.1. The van der Waals surface area contributed by atoms with Crippen LogP contribution in [0.15, 0.2) is 0 Å². The highest BCUT2D eigenvalue weighted by Gasteiger charge is 1.98. The molecule has 0 spiro atoms. The van der Waals surface area contributed by atoms with Crippen molar-refractivity contribution in [1.29, 1.82) is 0 Å². The number of nitrogens with one attached hydrogen (secondary N) is 1. The van der Waals surface area contributed by atoms with E-state index in [4.69, 9.17) is 5.73 Å². The smallest absolute Gasteiger partial charge is 0.220 e. The van der Waals surface area contributed by atoms with Crippen molar-refractivity contribution in [2.45, 2.75) is 32.1 Å².